The lowest BCUT2D eigenvalue weighted by Gasteiger charge is -2.36. The zero-order chi connectivity index (χ0) is 19.5. The Hall–Kier alpha value is -3.02. The molecule has 0 aliphatic carbocycles. The summed E-state index contributed by atoms with van der Waals surface area (Å²) >= 11 is 0. The van der Waals surface area contributed by atoms with E-state index in [1.165, 1.54) is 0 Å². The second-order valence-electron chi connectivity index (χ2n) is 7.15. The molecule has 2 aromatic rings. The Morgan fingerprint density at radius 3 is 2.82 bits per heavy atom. The zero-order valence-corrected chi connectivity index (χ0v) is 16.0. The van der Waals surface area contributed by atoms with E-state index in [0.29, 0.717) is 38.3 Å². The van der Waals surface area contributed by atoms with Crippen molar-refractivity contribution in [2.24, 2.45) is 5.92 Å². The van der Waals surface area contributed by atoms with Crippen molar-refractivity contribution in [2.45, 2.75) is 12.8 Å². The normalized spacial score (nSPS) is 19.5. The van der Waals surface area contributed by atoms with Crippen LogP contribution in [0.15, 0.2) is 48.5 Å². The Morgan fingerprint density at radius 1 is 1.14 bits per heavy atom. The second-order valence-corrected chi connectivity index (χ2v) is 7.15. The fourth-order valence-corrected chi connectivity index (χ4v) is 3.87. The fourth-order valence-electron chi connectivity index (χ4n) is 3.87. The summed E-state index contributed by atoms with van der Waals surface area (Å²) in [6, 6.07) is 15.3. The highest BCUT2D eigenvalue weighted by Crippen LogP contribution is 2.28. The van der Waals surface area contributed by atoms with Crippen LogP contribution < -0.4 is 14.4 Å². The first-order valence-corrected chi connectivity index (χ1v) is 9.59. The van der Waals surface area contributed by atoms with Crippen LogP contribution in [0.5, 0.6) is 11.5 Å². The number of hydrogen-bond donors (Lipinski definition) is 0. The number of carbonyl (C=O) groups is 2. The Morgan fingerprint density at radius 2 is 2.00 bits per heavy atom. The smallest absolute Gasteiger partial charge is 0.246 e. The van der Waals surface area contributed by atoms with Gasteiger partial charge in [0.05, 0.1) is 13.7 Å². The van der Waals surface area contributed by atoms with E-state index in [0.717, 1.165) is 17.0 Å². The minimum atomic E-state index is -0.153. The number of para-hydroxylation sites is 1. The standard InChI is InChI=1S/C22H24N2O4/c1-27-19-7-4-6-18(14-19)24-11-10-23(15-21(24)25)22(26)17-9-12-28-20-8-3-2-5-16(20)13-17/h2-8,14,17H,9-13,15H2,1H3/t17-/m0/s1. The summed E-state index contributed by atoms with van der Waals surface area (Å²) in [5.74, 6) is 1.38. The summed E-state index contributed by atoms with van der Waals surface area (Å²) in [5.41, 5.74) is 1.85. The van der Waals surface area contributed by atoms with Crippen LogP contribution in [0.3, 0.4) is 0 Å². The molecule has 2 amide bonds. The molecule has 1 atom stereocenters. The summed E-state index contributed by atoms with van der Waals surface area (Å²) in [7, 11) is 1.60. The molecule has 0 radical (unpaired) electrons. The van der Waals surface area contributed by atoms with Gasteiger partial charge in [-0.2, -0.15) is 0 Å². The number of anilines is 1. The number of carbonyl (C=O) groups excluding carboxylic acids is 2. The van der Waals surface area contributed by atoms with Gasteiger partial charge in [0.15, 0.2) is 0 Å². The van der Waals surface area contributed by atoms with E-state index in [9.17, 15) is 9.59 Å². The molecule has 2 aromatic carbocycles. The zero-order valence-electron chi connectivity index (χ0n) is 16.0. The van der Waals surface area contributed by atoms with E-state index in [-0.39, 0.29) is 24.3 Å². The number of fused-ring (bicyclic) bond motifs is 1. The van der Waals surface area contributed by atoms with Crippen molar-refractivity contribution >= 4 is 17.5 Å². The number of nitrogens with zero attached hydrogens (tertiary/aromatic N) is 2. The Kier molecular flexibility index (Phi) is 5.19. The van der Waals surface area contributed by atoms with Crippen LogP contribution in [-0.2, 0) is 16.0 Å². The molecule has 1 saturated heterocycles. The molecule has 0 bridgehead atoms. The molecule has 6 heteroatoms. The van der Waals surface area contributed by atoms with Crippen molar-refractivity contribution in [2.75, 3.05) is 38.3 Å². The number of ether oxygens (including phenoxy) is 2. The monoisotopic (exact) mass is 380 g/mol. The Balaban J connectivity index is 1.44. The van der Waals surface area contributed by atoms with Gasteiger partial charge in [-0.05, 0) is 36.6 Å². The van der Waals surface area contributed by atoms with Gasteiger partial charge in [-0.3, -0.25) is 9.59 Å². The molecule has 146 valence electrons. The average molecular weight is 380 g/mol. The molecule has 2 aliphatic rings. The van der Waals surface area contributed by atoms with Crippen molar-refractivity contribution in [3.05, 3.63) is 54.1 Å². The quantitative estimate of drug-likeness (QED) is 0.821. The number of hydrogen-bond acceptors (Lipinski definition) is 4. The first-order chi connectivity index (χ1) is 13.7. The van der Waals surface area contributed by atoms with Crippen LogP contribution in [-0.4, -0.2) is 50.1 Å². The van der Waals surface area contributed by atoms with Gasteiger partial charge in [-0.1, -0.05) is 24.3 Å². The second kappa shape index (κ2) is 7.92. The molecule has 0 N–H and O–H groups in total. The first-order valence-electron chi connectivity index (χ1n) is 9.59. The van der Waals surface area contributed by atoms with Gasteiger partial charge in [0, 0.05) is 30.8 Å². The van der Waals surface area contributed by atoms with Gasteiger partial charge < -0.3 is 19.3 Å². The molecule has 2 heterocycles. The Labute approximate surface area is 164 Å². The maximum atomic E-state index is 13.1. The summed E-state index contributed by atoms with van der Waals surface area (Å²) in [6.07, 6.45) is 1.32. The maximum absolute atomic E-state index is 13.1. The van der Waals surface area contributed by atoms with Gasteiger partial charge in [0.25, 0.3) is 0 Å². The molecule has 1 fully saturated rings. The summed E-state index contributed by atoms with van der Waals surface area (Å²) < 4.78 is 11.0. The summed E-state index contributed by atoms with van der Waals surface area (Å²) in [4.78, 5) is 29.2. The maximum Gasteiger partial charge on any atom is 0.246 e. The lowest BCUT2D eigenvalue weighted by atomic mass is 9.95. The highest BCUT2D eigenvalue weighted by atomic mass is 16.5. The van der Waals surface area contributed by atoms with Crippen molar-refractivity contribution in [1.29, 1.82) is 0 Å². The van der Waals surface area contributed by atoms with E-state index in [2.05, 4.69) is 0 Å². The molecule has 4 rings (SSSR count). The largest absolute Gasteiger partial charge is 0.497 e. The number of methoxy groups -OCH3 is 1. The summed E-state index contributed by atoms with van der Waals surface area (Å²) in [5, 5.41) is 0. The van der Waals surface area contributed by atoms with Gasteiger partial charge in [0.1, 0.15) is 18.0 Å². The molecule has 6 nitrogen and oxygen atoms in total. The molecule has 0 spiro atoms. The topological polar surface area (TPSA) is 59.1 Å². The van der Waals surface area contributed by atoms with E-state index in [1.807, 2.05) is 48.5 Å². The van der Waals surface area contributed by atoms with Crippen LogP contribution >= 0.6 is 0 Å². The van der Waals surface area contributed by atoms with Crippen LogP contribution in [0.4, 0.5) is 5.69 Å². The summed E-state index contributed by atoms with van der Waals surface area (Å²) in [6.45, 7) is 1.64. The van der Waals surface area contributed by atoms with E-state index >= 15 is 0 Å². The lowest BCUT2D eigenvalue weighted by Crippen LogP contribution is -2.54. The average Bonchev–Trinajstić information content (AvgIpc) is 2.95. The molecule has 2 aliphatic heterocycles. The number of benzene rings is 2. The SMILES string of the molecule is COc1cccc(N2CCN(C(=O)[C@H]3CCOc4ccccc4C3)CC2=O)c1. The lowest BCUT2D eigenvalue weighted by molar-refractivity contribution is -0.140. The predicted molar refractivity (Wildman–Crippen MR) is 106 cm³/mol. The third-order valence-corrected chi connectivity index (χ3v) is 5.41. The van der Waals surface area contributed by atoms with Gasteiger partial charge in [0.2, 0.25) is 11.8 Å². The minimum Gasteiger partial charge on any atom is -0.497 e. The Bertz CT molecular complexity index is 882. The molecule has 0 saturated carbocycles. The minimum absolute atomic E-state index is 0.0407. The molecule has 28 heavy (non-hydrogen) atoms. The third-order valence-electron chi connectivity index (χ3n) is 5.41. The number of rotatable bonds is 3. The van der Waals surface area contributed by atoms with Crippen LogP contribution in [0.2, 0.25) is 0 Å². The third kappa shape index (κ3) is 3.67. The van der Waals surface area contributed by atoms with E-state index in [4.69, 9.17) is 9.47 Å². The van der Waals surface area contributed by atoms with Crippen molar-refractivity contribution in [3.63, 3.8) is 0 Å². The molecular formula is C22H24N2O4. The van der Waals surface area contributed by atoms with Crippen LogP contribution in [0.25, 0.3) is 0 Å². The number of amides is 2. The van der Waals surface area contributed by atoms with Crippen LogP contribution in [0, 0.1) is 5.92 Å². The molecule has 0 aromatic heterocycles. The molecule has 0 unspecified atom stereocenters. The van der Waals surface area contributed by atoms with Gasteiger partial charge in [-0.15, -0.1) is 0 Å². The van der Waals surface area contributed by atoms with E-state index in [1.54, 1.807) is 16.9 Å². The number of piperazine rings is 1. The predicted octanol–water partition coefficient (Wildman–Crippen LogP) is 2.51. The van der Waals surface area contributed by atoms with Crippen molar-refractivity contribution in [1.82, 2.24) is 4.90 Å². The van der Waals surface area contributed by atoms with Gasteiger partial charge >= 0.3 is 0 Å². The highest BCUT2D eigenvalue weighted by molar-refractivity contribution is 5.98. The van der Waals surface area contributed by atoms with Gasteiger partial charge in [-0.25, -0.2) is 0 Å². The fraction of sp³-hybridized carbons (Fsp3) is 0.364. The van der Waals surface area contributed by atoms with Crippen molar-refractivity contribution < 1.29 is 19.1 Å². The highest BCUT2D eigenvalue weighted by Gasteiger charge is 2.33. The molecular weight excluding hydrogens is 356 g/mol. The van der Waals surface area contributed by atoms with E-state index < -0.39 is 0 Å². The first kappa shape index (κ1) is 18.3. The van der Waals surface area contributed by atoms with Crippen LogP contribution in [0.1, 0.15) is 12.0 Å². The van der Waals surface area contributed by atoms with Crippen molar-refractivity contribution in [3.8, 4) is 11.5 Å².